The Labute approximate surface area is 212 Å². The Balaban J connectivity index is 1.80. The fourth-order valence-corrected chi connectivity index (χ4v) is 4.76. The van der Waals surface area contributed by atoms with Gasteiger partial charge in [-0.15, -0.1) is 0 Å². The molecule has 7 heteroatoms. The molecule has 0 spiro atoms. The summed E-state index contributed by atoms with van der Waals surface area (Å²) in [7, 11) is 4.03. The van der Waals surface area contributed by atoms with Crippen LogP contribution in [0.5, 0.6) is 0 Å². The topological polar surface area (TPSA) is 83.0 Å². The lowest BCUT2D eigenvalue weighted by atomic mass is 10.00. The predicted molar refractivity (Wildman–Crippen MR) is 145 cm³/mol. The summed E-state index contributed by atoms with van der Waals surface area (Å²) in [4.78, 5) is 35.8. The summed E-state index contributed by atoms with van der Waals surface area (Å²) in [5, 5.41) is 3.92. The summed E-state index contributed by atoms with van der Waals surface area (Å²) < 4.78 is 2.20. The van der Waals surface area contributed by atoms with Gasteiger partial charge in [-0.3, -0.25) is 14.6 Å². The van der Waals surface area contributed by atoms with Gasteiger partial charge < -0.3 is 19.8 Å². The van der Waals surface area contributed by atoms with Crippen molar-refractivity contribution in [2.24, 2.45) is 0 Å². The molecule has 188 valence electrons. The van der Waals surface area contributed by atoms with Gasteiger partial charge in [0.1, 0.15) is 0 Å². The van der Waals surface area contributed by atoms with Crippen LogP contribution in [0.1, 0.15) is 58.3 Å². The van der Waals surface area contributed by atoms with E-state index in [1.54, 1.807) is 0 Å². The van der Waals surface area contributed by atoms with Crippen molar-refractivity contribution in [1.29, 1.82) is 0 Å². The van der Waals surface area contributed by atoms with E-state index in [-0.39, 0.29) is 24.1 Å². The molecule has 3 heterocycles. The van der Waals surface area contributed by atoms with Gasteiger partial charge in [0.25, 0.3) is 11.5 Å². The van der Waals surface area contributed by atoms with Crippen LogP contribution < -0.4 is 10.9 Å². The van der Waals surface area contributed by atoms with E-state index in [0.29, 0.717) is 11.1 Å². The van der Waals surface area contributed by atoms with Gasteiger partial charge in [0.05, 0.1) is 11.4 Å². The Morgan fingerprint density at radius 2 is 1.86 bits per heavy atom. The number of hydrogen-bond donors (Lipinski definition) is 2. The normalized spacial score (nSPS) is 11.6. The molecule has 1 aromatic carbocycles. The number of aromatic amines is 1. The van der Waals surface area contributed by atoms with Crippen LogP contribution in [0.25, 0.3) is 22.2 Å². The molecule has 0 bridgehead atoms. The average molecular weight is 486 g/mol. The van der Waals surface area contributed by atoms with Gasteiger partial charge in [0, 0.05) is 58.6 Å². The summed E-state index contributed by atoms with van der Waals surface area (Å²) >= 11 is 0. The third-order valence-corrected chi connectivity index (χ3v) is 6.42. The van der Waals surface area contributed by atoms with Crippen molar-refractivity contribution in [3.63, 3.8) is 0 Å². The van der Waals surface area contributed by atoms with E-state index in [9.17, 15) is 9.59 Å². The number of carbonyl (C=O) groups excluding carboxylic acids is 1. The summed E-state index contributed by atoms with van der Waals surface area (Å²) in [6.45, 7) is 10.9. The summed E-state index contributed by atoms with van der Waals surface area (Å²) in [5.74, 6) is -0.213. The second kappa shape index (κ2) is 10.1. The zero-order valence-electron chi connectivity index (χ0n) is 22.2. The Morgan fingerprint density at radius 1 is 1.11 bits per heavy atom. The molecule has 0 radical (unpaired) electrons. The largest absolute Gasteiger partial charge is 0.348 e. The number of H-pyrrole nitrogens is 1. The molecule has 0 fully saturated rings. The number of hydrogen-bond acceptors (Lipinski definition) is 4. The van der Waals surface area contributed by atoms with E-state index < -0.39 is 0 Å². The number of fused-ring (bicyclic) bond motifs is 1. The summed E-state index contributed by atoms with van der Waals surface area (Å²) in [6, 6.07) is 12.2. The van der Waals surface area contributed by atoms with E-state index in [2.05, 4.69) is 45.9 Å². The van der Waals surface area contributed by atoms with Gasteiger partial charge in [-0.05, 0) is 90.2 Å². The van der Waals surface area contributed by atoms with Crippen LogP contribution in [-0.4, -0.2) is 39.4 Å². The third-order valence-electron chi connectivity index (χ3n) is 6.42. The second-order valence-corrected chi connectivity index (χ2v) is 10.1. The SMILES string of the molecule is Cc1cc(C)c(CNC(=O)c2cc(-c3cccc(CN(C)C)n3)cc3c2c(C)cn3C(C)C)c(=O)[nH]1. The maximum Gasteiger partial charge on any atom is 0.253 e. The first-order chi connectivity index (χ1) is 17.0. The molecule has 0 atom stereocenters. The minimum Gasteiger partial charge on any atom is -0.348 e. The van der Waals surface area contributed by atoms with Crippen LogP contribution in [0.2, 0.25) is 0 Å². The molecule has 7 nitrogen and oxygen atoms in total. The monoisotopic (exact) mass is 485 g/mol. The number of benzene rings is 1. The van der Waals surface area contributed by atoms with E-state index in [4.69, 9.17) is 4.98 Å². The molecule has 0 saturated heterocycles. The van der Waals surface area contributed by atoms with Gasteiger partial charge in [-0.25, -0.2) is 0 Å². The van der Waals surface area contributed by atoms with Crippen LogP contribution in [-0.2, 0) is 13.1 Å². The Hall–Kier alpha value is -3.71. The smallest absolute Gasteiger partial charge is 0.253 e. The maximum absolute atomic E-state index is 13.6. The highest BCUT2D eigenvalue weighted by atomic mass is 16.1. The fraction of sp³-hybridized carbons (Fsp3) is 0.345. The first-order valence-electron chi connectivity index (χ1n) is 12.3. The molecule has 1 amide bonds. The minimum atomic E-state index is -0.213. The molecule has 0 aliphatic rings. The van der Waals surface area contributed by atoms with Gasteiger partial charge in [-0.1, -0.05) is 6.07 Å². The van der Waals surface area contributed by atoms with E-state index in [1.807, 2.05) is 65.2 Å². The fourth-order valence-electron chi connectivity index (χ4n) is 4.76. The molecule has 4 aromatic rings. The first-order valence-corrected chi connectivity index (χ1v) is 12.3. The first kappa shape index (κ1) is 25.4. The van der Waals surface area contributed by atoms with E-state index in [0.717, 1.165) is 51.2 Å². The lowest BCUT2D eigenvalue weighted by Gasteiger charge is -2.14. The maximum atomic E-state index is 13.6. The molecule has 36 heavy (non-hydrogen) atoms. The van der Waals surface area contributed by atoms with Gasteiger partial charge >= 0.3 is 0 Å². The van der Waals surface area contributed by atoms with Crippen molar-refractivity contribution in [3.05, 3.63) is 86.6 Å². The zero-order valence-corrected chi connectivity index (χ0v) is 22.2. The molecular weight excluding hydrogens is 450 g/mol. The highest BCUT2D eigenvalue weighted by Crippen LogP contribution is 2.32. The second-order valence-electron chi connectivity index (χ2n) is 10.1. The number of amides is 1. The molecule has 0 unspecified atom stereocenters. The third kappa shape index (κ3) is 5.11. The van der Waals surface area contributed by atoms with Gasteiger partial charge in [-0.2, -0.15) is 0 Å². The number of rotatable bonds is 7. The van der Waals surface area contributed by atoms with Crippen molar-refractivity contribution in [2.45, 2.75) is 53.8 Å². The summed E-state index contributed by atoms with van der Waals surface area (Å²) in [5.41, 5.74) is 7.35. The van der Waals surface area contributed by atoms with Gasteiger partial charge in [0.2, 0.25) is 0 Å². The number of aromatic nitrogens is 3. The quantitative estimate of drug-likeness (QED) is 0.390. The van der Waals surface area contributed by atoms with Crippen LogP contribution in [0, 0.1) is 20.8 Å². The van der Waals surface area contributed by atoms with Crippen LogP contribution in [0.3, 0.4) is 0 Å². The Kier molecular flexibility index (Phi) is 7.13. The summed E-state index contributed by atoms with van der Waals surface area (Å²) in [6.07, 6.45) is 2.10. The van der Waals surface area contributed by atoms with Crippen LogP contribution in [0.15, 0.2) is 47.4 Å². The number of carbonyl (C=O) groups is 1. The number of nitrogens with one attached hydrogen (secondary N) is 2. The van der Waals surface area contributed by atoms with E-state index >= 15 is 0 Å². The average Bonchev–Trinajstić information content (AvgIpc) is 3.14. The zero-order chi connectivity index (χ0) is 26.1. The Bertz CT molecular complexity index is 1490. The van der Waals surface area contributed by atoms with Crippen molar-refractivity contribution in [3.8, 4) is 11.3 Å². The predicted octanol–water partition coefficient (Wildman–Crippen LogP) is 4.89. The molecule has 0 aliphatic heterocycles. The molecule has 0 saturated carbocycles. The van der Waals surface area contributed by atoms with Crippen molar-refractivity contribution >= 4 is 16.8 Å². The van der Waals surface area contributed by atoms with Crippen LogP contribution >= 0.6 is 0 Å². The molecular formula is C29H35N5O2. The molecule has 0 aliphatic carbocycles. The van der Waals surface area contributed by atoms with Gasteiger partial charge in [0.15, 0.2) is 0 Å². The number of pyridine rings is 2. The highest BCUT2D eigenvalue weighted by molar-refractivity contribution is 6.09. The van der Waals surface area contributed by atoms with Crippen LogP contribution in [0.4, 0.5) is 0 Å². The lowest BCUT2D eigenvalue weighted by molar-refractivity contribution is 0.0952. The van der Waals surface area contributed by atoms with Crippen molar-refractivity contribution < 1.29 is 4.79 Å². The minimum absolute atomic E-state index is 0.159. The standard InChI is InChI=1S/C29H35N5O2/c1-17(2)34-15-19(4)27-23(28(35)30-14-24-18(3)11-20(5)31-29(24)36)12-21(13-26(27)34)25-10-8-9-22(32-25)16-33(6)7/h8-13,15,17H,14,16H2,1-7H3,(H,30,35)(H,31,36). The lowest BCUT2D eigenvalue weighted by Crippen LogP contribution is -2.28. The van der Waals surface area contributed by atoms with E-state index in [1.165, 1.54) is 0 Å². The molecule has 3 aromatic heterocycles. The molecule has 4 rings (SSSR count). The Morgan fingerprint density at radius 3 is 2.53 bits per heavy atom. The number of nitrogens with zero attached hydrogens (tertiary/aromatic N) is 3. The highest BCUT2D eigenvalue weighted by Gasteiger charge is 2.20. The van der Waals surface area contributed by atoms with Crippen molar-refractivity contribution in [1.82, 2.24) is 24.8 Å². The number of aryl methyl sites for hydroxylation is 3. The molecule has 2 N–H and O–H groups in total. The van der Waals surface area contributed by atoms with Crippen molar-refractivity contribution in [2.75, 3.05) is 14.1 Å².